The van der Waals surface area contributed by atoms with E-state index in [1.165, 1.54) is 12.3 Å². The molecule has 2 aliphatic rings. The Hall–Kier alpha value is -2.12. The Morgan fingerprint density at radius 3 is 2.50 bits per heavy atom. The van der Waals surface area contributed by atoms with Crippen molar-refractivity contribution in [1.29, 1.82) is 0 Å². The van der Waals surface area contributed by atoms with Crippen molar-refractivity contribution in [3.8, 4) is 0 Å². The van der Waals surface area contributed by atoms with Crippen LogP contribution in [-0.2, 0) is 10.0 Å². The number of hydrogen-bond donors (Lipinski definition) is 1. The van der Waals surface area contributed by atoms with Crippen molar-refractivity contribution in [2.24, 2.45) is 0 Å². The zero-order valence-corrected chi connectivity index (χ0v) is 15.4. The molecule has 0 aliphatic carbocycles. The average Bonchev–Trinajstić information content (AvgIpc) is 3.43. The first-order chi connectivity index (χ1) is 12.6. The molecule has 0 bridgehead atoms. The van der Waals surface area contributed by atoms with Gasteiger partial charge in [0.2, 0.25) is 10.0 Å². The average molecular weight is 373 g/mol. The summed E-state index contributed by atoms with van der Waals surface area (Å²) in [6.07, 6.45) is 5.10. The highest BCUT2D eigenvalue weighted by Crippen LogP contribution is 2.36. The molecule has 7 heteroatoms. The topological polar surface area (TPSA) is 73.5 Å². The number of amides is 1. The molecular weight excluding hydrogens is 350 g/mol. The Morgan fingerprint density at radius 1 is 1.04 bits per heavy atom. The van der Waals surface area contributed by atoms with Crippen LogP contribution in [0.3, 0.4) is 0 Å². The normalized spacial score (nSPS) is 21.4. The van der Waals surface area contributed by atoms with Crippen LogP contribution >= 0.6 is 0 Å². The largest absolute Gasteiger partial charge is 0.356 e. The van der Waals surface area contributed by atoms with Gasteiger partial charge in [0.1, 0.15) is 10.6 Å². The van der Waals surface area contributed by atoms with E-state index in [0.717, 1.165) is 44.3 Å². The van der Waals surface area contributed by atoms with E-state index in [9.17, 15) is 13.2 Å². The van der Waals surface area contributed by atoms with E-state index in [-0.39, 0.29) is 16.8 Å². The predicted octanol–water partition coefficient (Wildman–Crippen LogP) is 2.78. The molecule has 1 N–H and O–H groups in total. The molecule has 26 heavy (non-hydrogen) atoms. The minimum absolute atomic E-state index is 0.120. The van der Waals surface area contributed by atoms with E-state index in [1.807, 2.05) is 30.3 Å². The number of likely N-dealkylation sites (tertiary alicyclic amines) is 1. The van der Waals surface area contributed by atoms with Gasteiger partial charge in [0.25, 0.3) is 5.91 Å². The molecule has 138 valence electrons. The fourth-order valence-corrected chi connectivity index (χ4v) is 5.59. The summed E-state index contributed by atoms with van der Waals surface area (Å²) < 4.78 is 27.9. The van der Waals surface area contributed by atoms with E-state index in [4.69, 9.17) is 0 Å². The van der Waals surface area contributed by atoms with Gasteiger partial charge in [-0.25, -0.2) is 8.42 Å². The number of H-pyrrole nitrogens is 1. The summed E-state index contributed by atoms with van der Waals surface area (Å²) in [5, 5.41) is 0. The third-order valence-electron chi connectivity index (χ3n) is 5.27. The second-order valence-corrected chi connectivity index (χ2v) is 8.82. The summed E-state index contributed by atoms with van der Waals surface area (Å²) in [7, 11) is -3.64. The zero-order chi connectivity index (χ0) is 18.1. The van der Waals surface area contributed by atoms with Crippen LogP contribution in [0, 0.1) is 0 Å². The van der Waals surface area contributed by atoms with Gasteiger partial charge >= 0.3 is 0 Å². The lowest BCUT2D eigenvalue weighted by atomic mass is 10.1. The van der Waals surface area contributed by atoms with Gasteiger partial charge in [-0.05, 0) is 37.3 Å². The van der Waals surface area contributed by atoms with Gasteiger partial charge in [-0.3, -0.25) is 4.79 Å². The highest BCUT2D eigenvalue weighted by atomic mass is 32.2. The molecule has 0 saturated carbocycles. The number of sulfonamides is 1. The maximum atomic E-state index is 13.2. The van der Waals surface area contributed by atoms with Gasteiger partial charge in [-0.1, -0.05) is 30.3 Å². The number of rotatable bonds is 4. The van der Waals surface area contributed by atoms with Crippen molar-refractivity contribution in [3.63, 3.8) is 0 Å². The van der Waals surface area contributed by atoms with Crippen molar-refractivity contribution in [2.45, 2.75) is 36.6 Å². The molecule has 1 amide bonds. The molecule has 3 heterocycles. The number of nitrogens with one attached hydrogen (secondary N) is 1. The van der Waals surface area contributed by atoms with Crippen LogP contribution in [0.25, 0.3) is 0 Å². The lowest BCUT2D eigenvalue weighted by Crippen LogP contribution is -2.30. The van der Waals surface area contributed by atoms with Gasteiger partial charge in [-0.15, -0.1) is 0 Å². The molecule has 1 atom stereocenters. The van der Waals surface area contributed by atoms with E-state index < -0.39 is 10.0 Å². The van der Waals surface area contributed by atoms with Crippen molar-refractivity contribution in [3.05, 3.63) is 53.9 Å². The Morgan fingerprint density at radius 2 is 1.77 bits per heavy atom. The van der Waals surface area contributed by atoms with Crippen molar-refractivity contribution >= 4 is 15.9 Å². The molecule has 4 rings (SSSR count). The fraction of sp³-hybridized carbons (Fsp3) is 0.421. The molecule has 2 aliphatic heterocycles. The van der Waals surface area contributed by atoms with Crippen LogP contribution in [0.1, 0.15) is 47.8 Å². The smallest absolute Gasteiger partial charge is 0.270 e. The predicted molar refractivity (Wildman–Crippen MR) is 98.2 cm³/mol. The first-order valence-electron chi connectivity index (χ1n) is 9.12. The maximum absolute atomic E-state index is 13.2. The van der Waals surface area contributed by atoms with Gasteiger partial charge < -0.3 is 9.88 Å². The molecule has 1 aromatic heterocycles. The first-order valence-corrected chi connectivity index (χ1v) is 10.6. The molecule has 0 spiro atoms. The lowest BCUT2D eigenvalue weighted by molar-refractivity contribution is 0.0787. The van der Waals surface area contributed by atoms with Gasteiger partial charge in [0.15, 0.2) is 0 Å². The molecule has 1 unspecified atom stereocenters. The zero-order valence-electron chi connectivity index (χ0n) is 14.6. The van der Waals surface area contributed by atoms with Crippen LogP contribution in [0.2, 0.25) is 0 Å². The summed E-state index contributed by atoms with van der Waals surface area (Å²) in [5.74, 6) is -0.120. The molecule has 1 aromatic carbocycles. The van der Waals surface area contributed by atoms with Crippen LogP contribution in [0.15, 0.2) is 47.5 Å². The van der Waals surface area contributed by atoms with Crippen LogP contribution in [-0.4, -0.2) is 48.1 Å². The fourth-order valence-electron chi connectivity index (χ4n) is 3.91. The highest BCUT2D eigenvalue weighted by molar-refractivity contribution is 7.89. The number of benzene rings is 1. The van der Waals surface area contributed by atoms with Gasteiger partial charge in [0.05, 0.1) is 6.04 Å². The Labute approximate surface area is 153 Å². The Kier molecular flexibility index (Phi) is 4.58. The third kappa shape index (κ3) is 3.05. The number of carbonyl (C=O) groups is 1. The van der Waals surface area contributed by atoms with Crippen LogP contribution in [0.4, 0.5) is 0 Å². The van der Waals surface area contributed by atoms with Crippen molar-refractivity contribution in [1.82, 2.24) is 14.2 Å². The standard InChI is InChI=1S/C19H23N3O3S/c23-19(21-10-4-5-11-21)17-13-16(14-20-17)26(24,25)22-12-6-9-18(22)15-7-2-1-3-8-15/h1-3,7-8,13-14,18,20H,4-6,9-12H2. The summed E-state index contributed by atoms with van der Waals surface area (Å²) in [6.45, 7) is 1.98. The SMILES string of the molecule is O=C(c1cc(S(=O)(=O)N2CCCC2c2ccccc2)c[nH]1)N1CCCC1. The number of hydrogen-bond acceptors (Lipinski definition) is 3. The minimum atomic E-state index is -3.64. The molecular formula is C19H23N3O3S. The number of aromatic nitrogens is 1. The third-order valence-corrected chi connectivity index (χ3v) is 7.16. The van der Waals surface area contributed by atoms with Crippen LogP contribution < -0.4 is 0 Å². The monoisotopic (exact) mass is 373 g/mol. The molecule has 6 nitrogen and oxygen atoms in total. The van der Waals surface area contributed by atoms with Crippen LogP contribution in [0.5, 0.6) is 0 Å². The summed E-state index contributed by atoms with van der Waals surface area (Å²) >= 11 is 0. The van der Waals surface area contributed by atoms with Crippen molar-refractivity contribution < 1.29 is 13.2 Å². The second-order valence-electron chi connectivity index (χ2n) is 6.93. The van der Waals surface area contributed by atoms with Gasteiger partial charge in [-0.2, -0.15) is 4.31 Å². The maximum Gasteiger partial charge on any atom is 0.270 e. The minimum Gasteiger partial charge on any atom is -0.356 e. The molecule has 0 radical (unpaired) electrons. The quantitative estimate of drug-likeness (QED) is 0.896. The van der Waals surface area contributed by atoms with Gasteiger partial charge in [0, 0.05) is 25.8 Å². The Balaban J connectivity index is 1.59. The summed E-state index contributed by atoms with van der Waals surface area (Å²) in [5.41, 5.74) is 1.36. The van der Waals surface area contributed by atoms with E-state index in [2.05, 4.69) is 4.98 Å². The summed E-state index contributed by atoms with van der Waals surface area (Å²) in [4.78, 5) is 17.3. The highest BCUT2D eigenvalue weighted by Gasteiger charge is 2.37. The molecule has 2 saturated heterocycles. The number of aromatic amines is 1. The van der Waals surface area contributed by atoms with E-state index in [0.29, 0.717) is 12.2 Å². The molecule has 2 aromatic rings. The number of carbonyl (C=O) groups excluding carboxylic acids is 1. The summed E-state index contributed by atoms with van der Waals surface area (Å²) in [6, 6.07) is 11.1. The second kappa shape index (κ2) is 6.89. The van der Waals surface area contributed by atoms with E-state index >= 15 is 0 Å². The number of nitrogens with zero attached hydrogens (tertiary/aromatic N) is 2. The lowest BCUT2D eigenvalue weighted by Gasteiger charge is -2.23. The Bertz CT molecular complexity index is 886. The van der Waals surface area contributed by atoms with Crippen molar-refractivity contribution in [2.75, 3.05) is 19.6 Å². The molecule has 2 fully saturated rings. The van der Waals surface area contributed by atoms with E-state index in [1.54, 1.807) is 9.21 Å². The first kappa shape index (κ1) is 17.3.